The van der Waals surface area contributed by atoms with E-state index in [1.54, 1.807) is 0 Å². The van der Waals surface area contributed by atoms with E-state index in [9.17, 15) is 19.8 Å². The Kier molecular flexibility index (Phi) is 3.01. The van der Waals surface area contributed by atoms with E-state index in [1.807, 2.05) is 30.3 Å². The molecule has 2 N–H and O–H groups in total. The average Bonchev–Trinajstić information content (AvgIpc) is 3.16. The second-order valence-corrected chi connectivity index (χ2v) is 5.65. The van der Waals surface area contributed by atoms with E-state index in [1.165, 1.54) is 4.90 Å². The third-order valence-corrected chi connectivity index (χ3v) is 4.31. The molecule has 5 nitrogen and oxygen atoms in total. The van der Waals surface area contributed by atoms with Crippen molar-refractivity contribution in [3.63, 3.8) is 0 Å². The lowest BCUT2D eigenvalue weighted by atomic mass is 9.94. The highest BCUT2D eigenvalue weighted by atomic mass is 16.4. The summed E-state index contributed by atoms with van der Waals surface area (Å²) in [5.74, 6) is -1.20. The molecule has 1 aromatic carbocycles. The van der Waals surface area contributed by atoms with Crippen LogP contribution in [-0.2, 0) is 15.0 Å². The number of likely N-dealkylation sites (tertiary alicyclic amines) is 1. The van der Waals surface area contributed by atoms with E-state index in [0.29, 0.717) is 0 Å². The number of carboxylic acid groups (broad SMARTS) is 1. The second kappa shape index (κ2) is 4.59. The Labute approximate surface area is 116 Å². The zero-order chi connectivity index (χ0) is 14.3. The maximum absolute atomic E-state index is 12.7. The Hall–Kier alpha value is -1.88. The zero-order valence-corrected chi connectivity index (χ0v) is 11.0. The molecule has 1 aliphatic heterocycles. The first kappa shape index (κ1) is 13.1. The number of aliphatic carboxylic acids is 1. The minimum absolute atomic E-state index is 0.115. The van der Waals surface area contributed by atoms with E-state index in [0.717, 1.165) is 18.4 Å². The molecule has 0 spiro atoms. The minimum Gasteiger partial charge on any atom is -0.480 e. The first-order chi connectivity index (χ1) is 9.54. The number of carbonyl (C=O) groups excluding carboxylic acids is 1. The molecule has 0 bridgehead atoms. The van der Waals surface area contributed by atoms with Gasteiger partial charge in [-0.15, -0.1) is 0 Å². The van der Waals surface area contributed by atoms with Crippen molar-refractivity contribution in [3.8, 4) is 0 Å². The second-order valence-electron chi connectivity index (χ2n) is 5.65. The lowest BCUT2D eigenvalue weighted by Gasteiger charge is -2.26. The lowest BCUT2D eigenvalue weighted by Crippen LogP contribution is -2.45. The summed E-state index contributed by atoms with van der Waals surface area (Å²) in [6.07, 6.45) is 0.863. The summed E-state index contributed by atoms with van der Waals surface area (Å²) in [7, 11) is 0. The van der Waals surface area contributed by atoms with Crippen LogP contribution < -0.4 is 0 Å². The van der Waals surface area contributed by atoms with Crippen molar-refractivity contribution in [2.45, 2.75) is 36.8 Å². The highest BCUT2D eigenvalue weighted by molar-refractivity contribution is 5.94. The van der Waals surface area contributed by atoms with Crippen LogP contribution in [0.15, 0.2) is 30.3 Å². The van der Waals surface area contributed by atoms with Crippen molar-refractivity contribution in [3.05, 3.63) is 35.9 Å². The predicted molar refractivity (Wildman–Crippen MR) is 71.1 cm³/mol. The van der Waals surface area contributed by atoms with Crippen molar-refractivity contribution in [2.75, 3.05) is 6.54 Å². The average molecular weight is 275 g/mol. The van der Waals surface area contributed by atoms with Gasteiger partial charge in [-0.25, -0.2) is 4.79 Å². The SMILES string of the molecule is O=C(O)[C@@H]1C[C@H](O)CN1C(=O)C1(c2ccccc2)CC1. The quantitative estimate of drug-likeness (QED) is 0.854. The Bertz CT molecular complexity index is 538. The summed E-state index contributed by atoms with van der Waals surface area (Å²) < 4.78 is 0. The van der Waals surface area contributed by atoms with Crippen LogP contribution in [0.1, 0.15) is 24.8 Å². The smallest absolute Gasteiger partial charge is 0.326 e. The van der Waals surface area contributed by atoms with Crippen molar-refractivity contribution in [1.29, 1.82) is 0 Å². The van der Waals surface area contributed by atoms with Gasteiger partial charge in [0.25, 0.3) is 0 Å². The number of hydrogen-bond donors (Lipinski definition) is 2. The molecule has 0 radical (unpaired) electrons. The van der Waals surface area contributed by atoms with Gasteiger partial charge >= 0.3 is 5.97 Å². The van der Waals surface area contributed by atoms with Gasteiger partial charge in [-0.05, 0) is 18.4 Å². The summed E-state index contributed by atoms with van der Waals surface area (Å²) in [6.45, 7) is 0.115. The van der Waals surface area contributed by atoms with Crippen LogP contribution in [0, 0.1) is 0 Å². The number of aliphatic hydroxyl groups excluding tert-OH is 1. The number of carboxylic acids is 1. The molecule has 1 amide bonds. The molecule has 106 valence electrons. The van der Waals surface area contributed by atoms with Gasteiger partial charge in [0, 0.05) is 13.0 Å². The number of hydrogen-bond acceptors (Lipinski definition) is 3. The fraction of sp³-hybridized carbons (Fsp3) is 0.467. The summed E-state index contributed by atoms with van der Waals surface area (Å²) >= 11 is 0. The van der Waals surface area contributed by atoms with Gasteiger partial charge < -0.3 is 15.1 Å². The molecule has 3 rings (SSSR count). The highest BCUT2D eigenvalue weighted by Crippen LogP contribution is 2.50. The van der Waals surface area contributed by atoms with Gasteiger partial charge in [0.15, 0.2) is 0 Å². The summed E-state index contributed by atoms with van der Waals surface area (Å²) in [6, 6.07) is 8.58. The first-order valence-electron chi connectivity index (χ1n) is 6.82. The molecule has 20 heavy (non-hydrogen) atoms. The van der Waals surface area contributed by atoms with Gasteiger partial charge in [-0.3, -0.25) is 4.79 Å². The third-order valence-electron chi connectivity index (χ3n) is 4.31. The molecule has 0 aromatic heterocycles. The maximum atomic E-state index is 12.7. The van der Waals surface area contributed by atoms with Crippen molar-refractivity contribution in [2.24, 2.45) is 0 Å². The molecule has 2 aliphatic rings. The highest BCUT2D eigenvalue weighted by Gasteiger charge is 2.55. The number of aliphatic hydroxyl groups is 1. The van der Waals surface area contributed by atoms with Crippen molar-refractivity contribution < 1.29 is 19.8 Å². The molecule has 5 heteroatoms. The molecule has 0 unspecified atom stereocenters. The Balaban J connectivity index is 1.87. The number of β-amino-alcohol motifs (C(OH)–C–C–N with tert-alkyl or cyclic N) is 1. The molecule has 1 saturated heterocycles. The van der Waals surface area contributed by atoms with Crippen LogP contribution >= 0.6 is 0 Å². The van der Waals surface area contributed by atoms with Crippen LogP contribution in [0.3, 0.4) is 0 Å². The fourth-order valence-electron chi connectivity index (χ4n) is 3.06. The maximum Gasteiger partial charge on any atom is 0.326 e. The van der Waals surface area contributed by atoms with Gasteiger partial charge in [-0.1, -0.05) is 30.3 Å². The number of benzene rings is 1. The van der Waals surface area contributed by atoms with Gasteiger partial charge in [-0.2, -0.15) is 0 Å². The molecule has 1 heterocycles. The molecule has 1 saturated carbocycles. The lowest BCUT2D eigenvalue weighted by molar-refractivity contribution is -0.149. The molecule has 2 atom stereocenters. The monoisotopic (exact) mass is 275 g/mol. The van der Waals surface area contributed by atoms with E-state index in [4.69, 9.17) is 0 Å². The van der Waals surface area contributed by atoms with E-state index in [-0.39, 0.29) is 18.9 Å². The minimum atomic E-state index is -1.04. The summed E-state index contributed by atoms with van der Waals surface area (Å²) in [5, 5.41) is 18.9. The third kappa shape index (κ3) is 1.98. The predicted octanol–water partition coefficient (Wildman–Crippen LogP) is 0.765. The van der Waals surface area contributed by atoms with Crippen molar-refractivity contribution >= 4 is 11.9 Å². The molecular weight excluding hydrogens is 258 g/mol. The molecule has 1 aliphatic carbocycles. The number of carbonyl (C=O) groups is 2. The van der Waals surface area contributed by atoms with Crippen LogP contribution in [-0.4, -0.2) is 45.7 Å². The Morgan fingerprint density at radius 2 is 1.85 bits per heavy atom. The van der Waals surface area contributed by atoms with Gasteiger partial charge in [0.05, 0.1) is 11.5 Å². The van der Waals surface area contributed by atoms with E-state index < -0.39 is 23.5 Å². The van der Waals surface area contributed by atoms with Crippen LogP contribution in [0.5, 0.6) is 0 Å². The standard InChI is InChI=1S/C15H17NO4/c17-11-8-12(13(18)19)16(9-11)14(20)15(6-7-15)10-4-2-1-3-5-10/h1-5,11-12,17H,6-9H2,(H,18,19)/t11-,12-/m0/s1. The zero-order valence-electron chi connectivity index (χ0n) is 11.0. The van der Waals surface area contributed by atoms with Crippen LogP contribution in [0.2, 0.25) is 0 Å². The Morgan fingerprint density at radius 1 is 1.20 bits per heavy atom. The normalized spacial score (nSPS) is 27.4. The van der Waals surface area contributed by atoms with Gasteiger partial charge in [0.2, 0.25) is 5.91 Å². The number of amides is 1. The first-order valence-corrected chi connectivity index (χ1v) is 6.82. The molecule has 1 aromatic rings. The van der Waals surface area contributed by atoms with E-state index in [2.05, 4.69) is 0 Å². The van der Waals surface area contributed by atoms with Gasteiger partial charge in [0.1, 0.15) is 6.04 Å². The molecule has 2 fully saturated rings. The summed E-state index contributed by atoms with van der Waals surface area (Å²) in [4.78, 5) is 25.3. The van der Waals surface area contributed by atoms with Crippen LogP contribution in [0.4, 0.5) is 0 Å². The summed E-state index contributed by atoms with van der Waals surface area (Å²) in [5.41, 5.74) is 0.370. The number of nitrogens with zero attached hydrogens (tertiary/aromatic N) is 1. The van der Waals surface area contributed by atoms with Crippen LogP contribution in [0.25, 0.3) is 0 Å². The topological polar surface area (TPSA) is 77.8 Å². The molecular formula is C15H17NO4. The number of rotatable bonds is 3. The Morgan fingerprint density at radius 3 is 2.40 bits per heavy atom. The van der Waals surface area contributed by atoms with Crippen molar-refractivity contribution in [1.82, 2.24) is 4.90 Å². The fourth-order valence-corrected chi connectivity index (χ4v) is 3.06. The largest absolute Gasteiger partial charge is 0.480 e. The van der Waals surface area contributed by atoms with E-state index >= 15 is 0 Å².